The van der Waals surface area contributed by atoms with Gasteiger partial charge in [-0.1, -0.05) is 10.9 Å². The van der Waals surface area contributed by atoms with E-state index in [0.717, 1.165) is 10.5 Å². The largest absolute Gasteiger partial charge is 0.335 e. The van der Waals surface area contributed by atoms with Crippen LogP contribution in [0.4, 0.5) is 0 Å². The maximum Gasteiger partial charge on any atom is 0.335 e. The molecule has 0 unspecified atom stereocenters. The minimum absolute atomic E-state index is 0.261. The van der Waals surface area contributed by atoms with E-state index in [9.17, 15) is 4.79 Å². The molecule has 0 amide bonds. The van der Waals surface area contributed by atoms with Gasteiger partial charge in [0.1, 0.15) is 6.33 Å². The van der Waals surface area contributed by atoms with E-state index in [4.69, 9.17) is 4.84 Å². The van der Waals surface area contributed by atoms with Crippen LogP contribution in [0.5, 0.6) is 0 Å². The fourth-order valence-corrected chi connectivity index (χ4v) is 1.17. The Morgan fingerprint density at radius 3 is 3.06 bits per heavy atom. The second-order valence-corrected chi connectivity index (χ2v) is 3.08. The van der Waals surface area contributed by atoms with Crippen LogP contribution in [-0.2, 0) is 11.2 Å². The van der Waals surface area contributed by atoms with Crippen molar-refractivity contribution in [1.82, 2.24) is 19.9 Å². The van der Waals surface area contributed by atoms with Crippen LogP contribution < -0.4 is 4.84 Å². The summed E-state index contributed by atoms with van der Waals surface area (Å²) in [6, 6.07) is 5.57. The molecule has 0 aliphatic carbocycles. The Labute approximate surface area is 91.9 Å². The summed E-state index contributed by atoms with van der Waals surface area (Å²) in [5, 5.41) is 3.66. The molecule has 6 heteroatoms. The van der Waals surface area contributed by atoms with Gasteiger partial charge in [-0.15, -0.1) is 5.10 Å². The SMILES string of the molecule is O=C(CCc1ccccn1)On1cncn1. The van der Waals surface area contributed by atoms with E-state index < -0.39 is 0 Å². The summed E-state index contributed by atoms with van der Waals surface area (Å²) < 4.78 is 0. The van der Waals surface area contributed by atoms with Crippen molar-refractivity contribution < 1.29 is 9.63 Å². The van der Waals surface area contributed by atoms with Crippen molar-refractivity contribution in [3.8, 4) is 0 Å². The monoisotopic (exact) mass is 218 g/mol. The van der Waals surface area contributed by atoms with E-state index in [-0.39, 0.29) is 12.4 Å². The van der Waals surface area contributed by atoms with Gasteiger partial charge in [-0.25, -0.2) is 9.78 Å². The van der Waals surface area contributed by atoms with Crippen LogP contribution in [0.1, 0.15) is 12.1 Å². The van der Waals surface area contributed by atoms with Crippen LogP contribution >= 0.6 is 0 Å². The van der Waals surface area contributed by atoms with Crippen molar-refractivity contribution >= 4 is 5.97 Å². The quantitative estimate of drug-likeness (QED) is 0.736. The molecule has 2 aromatic heterocycles. The molecule has 2 aromatic rings. The number of nitrogens with zero attached hydrogens (tertiary/aromatic N) is 4. The third-order valence-electron chi connectivity index (χ3n) is 1.90. The molecule has 0 fully saturated rings. The van der Waals surface area contributed by atoms with Crippen LogP contribution in [0, 0.1) is 0 Å². The first-order chi connectivity index (χ1) is 7.84. The third-order valence-corrected chi connectivity index (χ3v) is 1.90. The Morgan fingerprint density at radius 2 is 2.38 bits per heavy atom. The first kappa shape index (κ1) is 10.3. The Balaban J connectivity index is 1.80. The van der Waals surface area contributed by atoms with Crippen molar-refractivity contribution in [3.05, 3.63) is 42.7 Å². The third kappa shape index (κ3) is 2.88. The average Bonchev–Trinajstić information content (AvgIpc) is 2.81. The van der Waals surface area contributed by atoms with Crippen molar-refractivity contribution in [3.63, 3.8) is 0 Å². The number of pyridine rings is 1. The first-order valence-corrected chi connectivity index (χ1v) is 4.80. The molecular formula is C10H10N4O2. The van der Waals surface area contributed by atoms with E-state index in [1.165, 1.54) is 12.7 Å². The van der Waals surface area contributed by atoms with Gasteiger partial charge in [-0.3, -0.25) is 4.98 Å². The minimum atomic E-state index is -0.365. The summed E-state index contributed by atoms with van der Waals surface area (Å²) in [5.41, 5.74) is 0.859. The topological polar surface area (TPSA) is 69.9 Å². The van der Waals surface area contributed by atoms with Crippen molar-refractivity contribution in [2.75, 3.05) is 0 Å². The zero-order valence-electron chi connectivity index (χ0n) is 8.48. The molecule has 0 saturated carbocycles. The lowest BCUT2D eigenvalue weighted by Crippen LogP contribution is -2.20. The van der Waals surface area contributed by atoms with Crippen molar-refractivity contribution in [2.45, 2.75) is 12.8 Å². The van der Waals surface area contributed by atoms with E-state index in [0.29, 0.717) is 6.42 Å². The zero-order chi connectivity index (χ0) is 11.2. The maximum atomic E-state index is 11.3. The van der Waals surface area contributed by atoms with E-state index in [1.807, 2.05) is 18.2 Å². The number of carbonyl (C=O) groups is 1. The Bertz CT molecular complexity index is 441. The zero-order valence-corrected chi connectivity index (χ0v) is 8.48. The molecule has 16 heavy (non-hydrogen) atoms. The Morgan fingerprint density at radius 1 is 1.44 bits per heavy atom. The normalized spacial score (nSPS) is 10.0. The van der Waals surface area contributed by atoms with E-state index >= 15 is 0 Å². The lowest BCUT2D eigenvalue weighted by atomic mass is 10.2. The van der Waals surface area contributed by atoms with Crippen LogP contribution in [-0.4, -0.2) is 25.9 Å². The number of hydrogen-bond donors (Lipinski definition) is 0. The number of aromatic nitrogens is 4. The van der Waals surface area contributed by atoms with Gasteiger partial charge in [0.05, 0.1) is 6.42 Å². The van der Waals surface area contributed by atoms with Crippen LogP contribution in [0.15, 0.2) is 37.1 Å². The highest BCUT2D eigenvalue weighted by Gasteiger charge is 2.05. The summed E-state index contributed by atoms with van der Waals surface area (Å²) in [7, 11) is 0. The molecule has 0 atom stereocenters. The lowest BCUT2D eigenvalue weighted by Gasteiger charge is -2.01. The molecule has 0 aromatic carbocycles. The molecule has 0 saturated heterocycles. The van der Waals surface area contributed by atoms with E-state index in [2.05, 4.69) is 15.1 Å². The Hall–Kier alpha value is -2.24. The predicted octanol–water partition coefficient (Wildman–Crippen LogP) is 0.261. The van der Waals surface area contributed by atoms with Gasteiger partial charge in [0.2, 0.25) is 0 Å². The summed E-state index contributed by atoms with van der Waals surface area (Å²) in [5.74, 6) is -0.365. The second-order valence-electron chi connectivity index (χ2n) is 3.08. The summed E-state index contributed by atoms with van der Waals surface area (Å²) in [6.45, 7) is 0. The molecular weight excluding hydrogens is 208 g/mol. The highest BCUT2D eigenvalue weighted by atomic mass is 16.7. The second kappa shape index (κ2) is 5.01. The summed E-state index contributed by atoms with van der Waals surface area (Å²) >= 11 is 0. The van der Waals surface area contributed by atoms with Crippen LogP contribution in [0.3, 0.4) is 0 Å². The number of rotatable bonds is 4. The van der Waals surface area contributed by atoms with E-state index in [1.54, 1.807) is 6.20 Å². The van der Waals surface area contributed by atoms with Crippen molar-refractivity contribution in [2.24, 2.45) is 0 Å². The van der Waals surface area contributed by atoms with Crippen LogP contribution in [0.2, 0.25) is 0 Å². The van der Waals surface area contributed by atoms with Gasteiger partial charge in [0, 0.05) is 18.3 Å². The van der Waals surface area contributed by atoms with Crippen LogP contribution in [0.25, 0.3) is 0 Å². The van der Waals surface area contributed by atoms with Gasteiger partial charge < -0.3 is 4.84 Å². The van der Waals surface area contributed by atoms with Crippen molar-refractivity contribution in [1.29, 1.82) is 0 Å². The average molecular weight is 218 g/mol. The smallest absolute Gasteiger partial charge is 0.318 e. The molecule has 0 bridgehead atoms. The summed E-state index contributed by atoms with van der Waals surface area (Å²) in [4.78, 5) is 25.0. The molecule has 0 aliphatic rings. The predicted molar refractivity (Wildman–Crippen MR) is 54.2 cm³/mol. The molecule has 0 aliphatic heterocycles. The molecule has 6 nitrogen and oxygen atoms in total. The molecule has 0 N–H and O–H groups in total. The number of hydrogen-bond acceptors (Lipinski definition) is 5. The first-order valence-electron chi connectivity index (χ1n) is 4.80. The molecule has 82 valence electrons. The molecule has 2 heterocycles. The highest BCUT2D eigenvalue weighted by Crippen LogP contribution is 1.98. The lowest BCUT2D eigenvalue weighted by molar-refractivity contribution is -0.145. The minimum Gasteiger partial charge on any atom is -0.318 e. The van der Waals surface area contributed by atoms with Gasteiger partial charge in [-0.05, 0) is 12.1 Å². The van der Waals surface area contributed by atoms with Gasteiger partial charge in [-0.2, -0.15) is 0 Å². The molecule has 0 radical (unpaired) electrons. The number of aryl methyl sites for hydroxylation is 1. The van der Waals surface area contributed by atoms with Gasteiger partial charge >= 0.3 is 5.97 Å². The van der Waals surface area contributed by atoms with Gasteiger partial charge in [0.15, 0.2) is 6.33 Å². The summed E-state index contributed by atoms with van der Waals surface area (Å²) in [6.07, 6.45) is 5.12. The standard InChI is InChI=1S/C10H10N4O2/c15-10(16-14-8-11-7-13-14)5-4-9-3-1-2-6-12-9/h1-3,6-8H,4-5H2. The fraction of sp³-hybridized carbons (Fsp3) is 0.200. The molecule has 2 rings (SSSR count). The highest BCUT2D eigenvalue weighted by molar-refractivity contribution is 5.69. The van der Waals surface area contributed by atoms with Gasteiger partial charge in [0.25, 0.3) is 0 Å². The number of carbonyl (C=O) groups excluding carboxylic acids is 1. The molecule has 0 spiro atoms. The fourth-order valence-electron chi connectivity index (χ4n) is 1.17. The Kier molecular flexibility index (Phi) is 3.22. The maximum absolute atomic E-state index is 11.3.